The lowest BCUT2D eigenvalue weighted by Crippen LogP contribution is -2.11. The first kappa shape index (κ1) is 13.6. The van der Waals surface area contributed by atoms with Gasteiger partial charge in [-0.3, -0.25) is 0 Å². The molecular weight excluding hydrogens is 210 g/mol. The Hall–Kier alpha value is -1.49. The summed E-state index contributed by atoms with van der Waals surface area (Å²) in [6, 6.07) is 8.53. The maximum atomic E-state index is 8.57. The molecule has 2 nitrogen and oxygen atoms in total. The fourth-order valence-electron chi connectivity index (χ4n) is 1.80. The molecule has 0 saturated carbocycles. The molecule has 0 heterocycles. The first-order chi connectivity index (χ1) is 7.99. The molecule has 1 rings (SSSR count). The van der Waals surface area contributed by atoms with E-state index in [9.17, 15) is 0 Å². The summed E-state index contributed by atoms with van der Waals surface area (Å²) in [5, 5.41) is 8.57. The number of nitriles is 1. The summed E-state index contributed by atoms with van der Waals surface area (Å²) in [4.78, 5) is 0. The van der Waals surface area contributed by atoms with Crippen molar-refractivity contribution in [1.29, 1.82) is 5.26 Å². The zero-order valence-corrected chi connectivity index (χ0v) is 11.2. The van der Waals surface area contributed by atoms with Gasteiger partial charge >= 0.3 is 0 Å². The van der Waals surface area contributed by atoms with Gasteiger partial charge in [0.15, 0.2) is 0 Å². The van der Waals surface area contributed by atoms with E-state index in [0.717, 1.165) is 18.6 Å². The molecule has 0 amide bonds. The Bertz CT molecular complexity index is 410. The molecule has 0 N–H and O–H groups in total. The molecule has 0 aliphatic carbocycles. The second-order valence-corrected chi connectivity index (χ2v) is 5.29. The van der Waals surface area contributed by atoms with Gasteiger partial charge in [0.2, 0.25) is 0 Å². The SMILES string of the molecule is COc1ccc(C(C)(C)C)cc1CCCC#N. The molecule has 0 aliphatic heterocycles. The molecule has 0 aromatic heterocycles. The van der Waals surface area contributed by atoms with E-state index in [1.165, 1.54) is 11.1 Å². The Morgan fingerprint density at radius 2 is 2.00 bits per heavy atom. The first-order valence-corrected chi connectivity index (χ1v) is 6.03. The zero-order valence-electron chi connectivity index (χ0n) is 11.2. The number of hydrogen-bond donors (Lipinski definition) is 0. The van der Waals surface area contributed by atoms with Gasteiger partial charge in [0, 0.05) is 6.42 Å². The standard InChI is InChI=1S/C15H21NO/c1-15(2,3)13-8-9-14(17-4)12(11-13)7-5-6-10-16/h8-9,11H,5-7H2,1-4H3. The Morgan fingerprint density at radius 3 is 2.53 bits per heavy atom. The molecule has 0 saturated heterocycles. The summed E-state index contributed by atoms with van der Waals surface area (Å²) < 4.78 is 5.36. The van der Waals surface area contributed by atoms with Crippen LogP contribution in [0.1, 0.15) is 44.7 Å². The Labute approximate surface area is 104 Å². The molecule has 0 radical (unpaired) electrons. The molecule has 1 aromatic carbocycles. The molecule has 2 heteroatoms. The monoisotopic (exact) mass is 231 g/mol. The number of aryl methyl sites for hydroxylation is 1. The second-order valence-electron chi connectivity index (χ2n) is 5.29. The average Bonchev–Trinajstić information content (AvgIpc) is 2.28. The van der Waals surface area contributed by atoms with Crippen LogP contribution in [0.4, 0.5) is 0 Å². The predicted molar refractivity (Wildman–Crippen MR) is 70.2 cm³/mol. The van der Waals surface area contributed by atoms with Crippen molar-refractivity contribution in [2.75, 3.05) is 7.11 Å². The summed E-state index contributed by atoms with van der Waals surface area (Å²) >= 11 is 0. The van der Waals surface area contributed by atoms with Crippen LogP contribution in [0.25, 0.3) is 0 Å². The smallest absolute Gasteiger partial charge is 0.122 e. The molecule has 0 atom stereocenters. The summed E-state index contributed by atoms with van der Waals surface area (Å²) in [6.45, 7) is 6.61. The fraction of sp³-hybridized carbons (Fsp3) is 0.533. The molecule has 0 bridgehead atoms. The van der Waals surface area contributed by atoms with Gasteiger partial charge in [-0.2, -0.15) is 5.26 Å². The highest BCUT2D eigenvalue weighted by Crippen LogP contribution is 2.28. The summed E-state index contributed by atoms with van der Waals surface area (Å²) in [5.74, 6) is 0.927. The number of rotatable bonds is 4. The largest absolute Gasteiger partial charge is 0.496 e. The highest BCUT2D eigenvalue weighted by molar-refractivity contribution is 5.39. The molecule has 17 heavy (non-hydrogen) atoms. The van der Waals surface area contributed by atoms with Gasteiger partial charge in [-0.15, -0.1) is 0 Å². The lowest BCUT2D eigenvalue weighted by atomic mass is 9.85. The normalized spacial score (nSPS) is 11.0. The minimum Gasteiger partial charge on any atom is -0.496 e. The summed E-state index contributed by atoms with van der Waals surface area (Å²) in [6.07, 6.45) is 2.39. The molecule has 0 fully saturated rings. The van der Waals surface area contributed by atoms with Crippen LogP contribution < -0.4 is 4.74 Å². The third kappa shape index (κ3) is 3.78. The van der Waals surface area contributed by atoms with Crippen molar-refractivity contribution < 1.29 is 4.74 Å². The minimum atomic E-state index is 0.149. The number of nitrogens with zero attached hydrogens (tertiary/aromatic N) is 1. The van der Waals surface area contributed by atoms with Gasteiger partial charge < -0.3 is 4.74 Å². The van der Waals surface area contributed by atoms with Crippen LogP contribution in [0, 0.1) is 11.3 Å². The third-order valence-corrected chi connectivity index (χ3v) is 2.88. The van der Waals surface area contributed by atoms with Crippen molar-refractivity contribution in [3.63, 3.8) is 0 Å². The summed E-state index contributed by atoms with van der Waals surface area (Å²) in [5.41, 5.74) is 2.66. The van der Waals surface area contributed by atoms with Crippen LogP contribution in [-0.2, 0) is 11.8 Å². The van der Waals surface area contributed by atoms with E-state index in [0.29, 0.717) is 6.42 Å². The second kappa shape index (κ2) is 5.72. The number of ether oxygens (including phenoxy) is 1. The minimum absolute atomic E-state index is 0.149. The predicted octanol–water partition coefficient (Wildman–Crippen LogP) is 3.84. The van der Waals surface area contributed by atoms with E-state index >= 15 is 0 Å². The van der Waals surface area contributed by atoms with E-state index in [4.69, 9.17) is 10.00 Å². The number of benzene rings is 1. The quantitative estimate of drug-likeness (QED) is 0.738. The van der Waals surface area contributed by atoms with Crippen molar-refractivity contribution >= 4 is 0 Å². The van der Waals surface area contributed by atoms with Gasteiger partial charge in [0.1, 0.15) is 5.75 Å². The molecular formula is C15H21NO. The maximum Gasteiger partial charge on any atom is 0.122 e. The Kier molecular flexibility index (Phi) is 4.57. The molecule has 0 spiro atoms. The van der Waals surface area contributed by atoms with Crippen LogP contribution in [0.15, 0.2) is 18.2 Å². The van der Waals surface area contributed by atoms with E-state index in [-0.39, 0.29) is 5.41 Å². The highest BCUT2D eigenvalue weighted by Gasteiger charge is 2.15. The average molecular weight is 231 g/mol. The fourth-order valence-corrected chi connectivity index (χ4v) is 1.80. The Morgan fingerprint density at radius 1 is 1.29 bits per heavy atom. The van der Waals surface area contributed by atoms with Crippen LogP contribution >= 0.6 is 0 Å². The lowest BCUT2D eigenvalue weighted by molar-refractivity contribution is 0.408. The number of methoxy groups -OCH3 is 1. The first-order valence-electron chi connectivity index (χ1n) is 6.03. The van der Waals surface area contributed by atoms with E-state index in [1.54, 1.807) is 7.11 Å². The van der Waals surface area contributed by atoms with Crippen molar-refractivity contribution in [3.8, 4) is 11.8 Å². The highest BCUT2D eigenvalue weighted by atomic mass is 16.5. The van der Waals surface area contributed by atoms with Gasteiger partial charge in [0.25, 0.3) is 0 Å². The van der Waals surface area contributed by atoms with Gasteiger partial charge in [-0.1, -0.05) is 32.9 Å². The van der Waals surface area contributed by atoms with Crippen molar-refractivity contribution in [2.24, 2.45) is 0 Å². The van der Waals surface area contributed by atoms with E-state index < -0.39 is 0 Å². The number of unbranched alkanes of at least 4 members (excludes halogenated alkanes) is 1. The Balaban J connectivity index is 2.95. The van der Waals surface area contributed by atoms with Gasteiger partial charge in [0.05, 0.1) is 13.2 Å². The molecule has 0 aliphatic rings. The van der Waals surface area contributed by atoms with Crippen LogP contribution in [0.5, 0.6) is 5.75 Å². The summed E-state index contributed by atoms with van der Waals surface area (Å²) in [7, 11) is 1.69. The van der Waals surface area contributed by atoms with Crippen molar-refractivity contribution in [1.82, 2.24) is 0 Å². The van der Waals surface area contributed by atoms with Crippen molar-refractivity contribution in [3.05, 3.63) is 29.3 Å². The maximum absolute atomic E-state index is 8.57. The zero-order chi connectivity index (χ0) is 12.9. The molecule has 92 valence electrons. The van der Waals surface area contributed by atoms with Gasteiger partial charge in [-0.25, -0.2) is 0 Å². The third-order valence-electron chi connectivity index (χ3n) is 2.88. The molecule has 1 aromatic rings. The van der Waals surface area contributed by atoms with E-state index in [2.05, 4.69) is 39.0 Å². The van der Waals surface area contributed by atoms with Crippen molar-refractivity contribution in [2.45, 2.75) is 45.4 Å². The molecule has 0 unspecified atom stereocenters. The van der Waals surface area contributed by atoms with Crippen LogP contribution in [0.2, 0.25) is 0 Å². The van der Waals surface area contributed by atoms with Crippen LogP contribution in [-0.4, -0.2) is 7.11 Å². The lowest BCUT2D eigenvalue weighted by Gasteiger charge is -2.21. The van der Waals surface area contributed by atoms with E-state index in [1.807, 2.05) is 6.07 Å². The topological polar surface area (TPSA) is 33.0 Å². The number of hydrogen-bond acceptors (Lipinski definition) is 2. The van der Waals surface area contributed by atoms with Gasteiger partial charge in [-0.05, 0) is 35.4 Å². The van der Waals surface area contributed by atoms with Crippen LogP contribution in [0.3, 0.4) is 0 Å².